The number of benzene rings is 3. The molecule has 1 aromatic heterocycles. The van der Waals surface area contributed by atoms with Crippen molar-refractivity contribution in [2.75, 3.05) is 19.0 Å². The molecular weight excluding hydrogens is 428 g/mol. The Balaban J connectivity index is 1.34. The van der Waals surface area contributed by atoms with E-state index in [0.717, 1.165) is 16.3 Å². The molecule has 0 aliphatic heterocycles. The van der Waals surface area contributed by atoms with Crippen LogP contribution in [0.15, 0.2) is 77.7 Å². The van der Waals surface area contributed by atoms with E-state index in [1.54, 1.807) is 31.4 Å². The third-order valence-corrected chi connectivity index (χ3v) is 6.38. The fourth-order valence-electron chi connectivity index (χ4n) is 3.31. The van der Waals surface area contributed by atoms with Crippen LogP contribution in [0.2, 0.25) is 0 Å². The second kappa shape index (κ2) is 9.21. The lowest BCUT2D eigenvalue weighted by Gasteiger charge is -2.08. The normalized spacial score (nSPS) is 11.4. The van der Waals surface area contributed by atoms with Crippen molar-refractivity contribution >= 4 is 32.5 Å². The van der Waals surface area contributed by atoms with Gasteiger partial charge in [-0.05, 0) is 35.0 Å². The molecule has 164 valence electrons. The zero-order valence-corrected chi connectivity index (χ0v) is 18.1. The Bertz CT molecular complexity index is 1370. The molecule has 0 radical (unpaired) electrons. The van der Waals surface area contributed by atoms with Gasteiger partial charge in [0.2, 0.25) is 15.9 Å². The van der Waals surface area contributed by atoms with Gasteiger partial charge in [0, 0.05) is 24.6 Å². The minimum Gasteiger partial charge on any atom is -0.496 e. The first-order chi connectivity index (χ1) is 15.5. The molecule has 9 heteroatoms. The van der Waals surface area contributed by atoms with Gasteiger partial charge in [-0.1, -0.05) is 42.5 Å². The molecule has 3 N–H and O–H groups in total. The number of H-pyrrole nitrogens is 1. The first-order valence-corrected chi connectivity index (χ1v) is 11.4. The van der Waals surface area contributed by atoms with E-state index in [1.807, 2.05) is 48.5 Å². The Morgan fingerprint density at radius 2 is 1.75 bits per heavy atom. The summed E-state index contributed by atoms with van der Waals surface area (Å²) < 4.78 is 32.9. The third kappa shape index (κ3) is 4.79. The molecule has 0 unspecified atom stereocenters. The number of nitrogens with one attached hydrogen (secondary N) is 3. The molecule has 4 rings (SSSR count). The fourth-order valence-corrected chi connectivity index (χ4v) is 4.38. The highest BCUT2D eigenvalue weighted by molar-refractivity contribution is 7.89. The molecule has 1 heterocycles. The lowest BCUT2D eigenvalue weighted by atomic mass is 10.1. The van der Waals surface area contributed by atoms with Gasteiger partial charge in [-0.15, -0.1) is 0 Å². The van der Waals surface area contributed by atoms with Crippen molar-refractivity contribution in [3.05, 3.63) is 72.8 Å². The van der Waals surface area contributed by atoms with Gasteiger partial charge >= 0.3 is 0 Å². The highest BCUT2D eigenvalue weighted by Crippen LogP contribution is 2.29. The van der Waals surface area contributed by atoms with Crippen molar-refractivity contribution in [2.45, 2.75) is 11.3 Å². The maximum absolute atomic E-state index is 12.6. The predicted octanol–water partition coefficient (Wildman–Crippen LogP) is 3.55. The molecule has 0 fully saturated rings. The summed E-state index contributed by atoms with van der Waals surface area (Å²) in [6.45, 7) is -0.0369. The monoisotopic (exact) mass is 450 g/mol. The topological polar surface area (TPSA) is 113 Å². The second-order valence-electron chi connectivity index (χ2n) is 7.07. The molecule has 3 aromatic carbocycles. The average Bonchev–Trinajstić information content (AvgIpc) is 3.26. The van der Waals surface area contributed by atoms with Crippen LogP contribution in [-0.2, 0) is 14.8 Å². The number of fused-ring (bicyclic) bond motifs is 1. The van der Waals surface area contributed by atoms with Crippen LogP contribution in [0.5, 0.6) is 5.75 Å². The number of rotatable bonds is 8. The van der Waals surface area contributed by atoms with Gasteiger partial charge in [0.15, 0.2) is 5.82 Å². The first kappa shape index (κ1) is 21.5. The third-order valence-electron chi connectivity index (χ3n) is 4.92. The number of methoxy groups -OCH3 is 1. The van der Waals surface area contributed by atoms with Crippen molar-refractivity contribution < 1.29 is 17.9 Å². The Labute approximate surface area is 185 Å². The first-order valence-electron chi connectivity index (χ1n) is 9.93. The quantitative estimate of drug-likeness (QED) is 0.380. The Hall–Kier alpha value is -3.69. The molecule has 0 aliphatic carbocycles. The number of hydrogen-bond donors (Lipinski definition) is 3. The van der Waals surface area contributed by atoms with E-state index in [2.05, 4.69) is 20.2 Å². The summed E-state index contributed by atoms with van der Waals surface area (Å²) in [6.07, 6.45) is -0.0380. The number of anilines is 1. The van der Waals surface area contributed by atoms with Crippen LogP contribution in [0.3, 0.4) is 0 Å². The maximum atomic E-state index is 12.6. The summed E-state index contributed by atoms with van der Waals surface area (Å²) in [5.74, 6) is 0.662. The molecule has 32 heavy (non-hydrogen) atoms. The van der Waals surface area contributed by atoms with Gasteiger partial charge in [0.1, 0.15) is 5.75 Å². The largest absolute Gasteiger partial charge is 0.496 e. The fraction of sp³-hybridized carbons (Fsp3) is 0.130. The summed E-state index contributed by atoms with van der Waals surface area (Å²) in [5.41, 5.74) is 1.50. The number of amides is 1. The summed E-state index contributed by atoms with van der Waals surface area (Å²) in [6, 6.07) is 21.6. The number of carbonyl (C=O) groups excluding carboxylic acids is 1. The van der Waals surface area contributed by atoms with Crippen LogP contribution in [0.1, 0.15) is 6.42 Å². The van der Waals surface area contributed by atoms with Gasteiger partial charge in [-0.3, -0.25) is 9.89 Å². The minimum atomic E-state index is -3.73. The maximum Gasteiger partial charge on any atom is 0.240 e. The van der Waals surface area contributed by atoms with Gasteiger partial charge in [0.05, 0.1) is 17.7 Å². The van der Waals surface area contributed by atoms with E-state index >= 15 is 0 Å². The number of carbonyl (C=O) groups is 1. The Kier molecular flexibility index (Phi) is 6.20. The lowest BCUT2D eigenvalue weighted by molar-refractivity contribution is -0.116. The molecule has 8 nitrogen and oxygen atoms in total. The summed E-state index contributed by atoms with van der Waals surface area (Å²) in [4.78, 5) is 12.4. The van der Waals surface area contributed by atoms with Crippen molar-refractivity contribution in [2.24, 2.45) is 0 Å². The number of hydrogen-bond acceptors (Lipinski definition) is 5. The highest BCUT2D eigenvalue weighted by atomic mass is 32.2. The van der Waals surface area contributed by atoms with E-state index in [9.17, 15) is 13.2 Å². The van der Waals surface area contributed by atoms with Crippen LogP contribution in [0.4, 0.5) is 5.82 Å². The molecule has 0 spiro atoms. The zero-order chi connectivity index (χ0) is 22.6. The second-order valence-corrected chi connectivity index (χ2v) is 8.84. The predicted molar refractivity (Wildman–Crippen MR) is 123 cm³/mol. The van der Waals surface area contributed by atoms with E-state index in [1.165, 1.54) is 0 Å². The zero-order valence-electron chi connectivity index (χ0n) is 17.3. The van der Waals surface area contributed by atoms with Gasteiger partial charge in [-0.25, -0.2) is 13.1 Å². The molecule has 0 saturated carbocycles. The van der Waals surface area contributed by atoms with Crippen LogP contribution >= 0.6 is 0 Å². The van der Waals surface area contributed by atoms with Crippen molar-refractivity contribution in [1.29, 1.82) is 0 Å². The highest BCUT2D eigenvalue weighted by Gasteiger charge is 2.15. The standard InChI is InChI=1S/C23H22N4O4S/c1-31-21-9-5-4-8-19(21)20-15-22(27-26-20)25-23(28)12-13-24-32(29,30)18-11-10-16-6-2-3-7-17(16)14-18/h2-11,14-15,24H,12-13H2,1H3,(H2,25,26,27,28). The lowest BCUT2D eigenvalue weighted by Crippen LogP contribution is -2.27. The number of nitrogens with zero attached hydrogens (tertiary/aromatic N) is 1. The van der Waals surface area contributed by atoms with Crippen molar-refractivity contribution in [1.82, 2.24) is 14.9 Å². The minimum absolute atomic E-state index is 0.0369. The van der Waals surface area contributed by atoms with Crippen LogP contribution in [-0.4, -0.2) is 38.2 Å². The average molecular weight is 451 g/mol. The molecule has 0 aliphatic rings. The van der Waals surface area contributed by atoms with Crippen LogP contribution in [0.25, 0.3) is 22.0 Å². The van der Waals surface area contributed by atoms with E-state index in [0.29, 0.717) is 17.3 Å². The molecule has 0 atom stereocenters. The van der Waals surface area contributed by atoms with Crippen molar-refractivity contribution in [3.8, 4) is 17.0 Å². The van der Waals surface area contributed by atoms with Gasteiger partial charge < -0.3 is 10.1 Å². The van der Waals surface area contributed by atoms with E-state index in [4.69, 9.17) is 4.74 Å². The number of ether oxygens (including phenoxy) is 1. The smallest absolute Gasteiger partial charge is 0.240 e. The van der Waals surface area contributed by atoms with Crippen molar-refractivity contribution in [3.63, 3.8) is 0 Å². The molecular formula is C23H22N4O4S. The number of aromatic amines is 1. The Morgan fingerprint density at radius 3 is 2.56 bits per heavy atom. The molecule has 1 amide bonds. The number of para-hydroxylation sites is 1. The van der Waals surface area contributed by atoms with E-state index in [-0.39, 0.29) is 23.8 Å². The summed E-state index contributed by atoms with van der Waals surface area (Å²) >= 11 is 0. The van der Waals surface area contributed by atoms with Gasteiger partial charge in [0.25, 0.3) is 0 Å². The summed E-state index contributed by atoms with van der Waals surface area (Å²) in [5, 5.41) is 11.4. The summed E-state index contributed by atoms with van der Waals surface area (Å²) in [7, 11) is -2.15. The number of aromatic nitrogens is 2. The SMILES string of the molecule is COc1ccccc1-c1cc(NC(=O)CCNS(=O)(=O)c2ccc3ccccc3c2)n[nH]1. The van der Waals surface area contributed by atoms with Gasteiger partial charge in [-0.2, -0.15) is 5.10 Å². The molecule has 0 saturated heterocycles. The number of sulfonamides is 1. The Morgan fingerprint density at radius 1 is 1.00 bits per heavy atom. The van der Waals surface area contributed by atoms with Crippen LogP contribution < -0.4 is 14.8 Å². The molecule has 4 aromatic rings. The van der Waals surface area contributed by atoms with E-state index < -0.39 is 10.0 Å². The van der Waals surface area contributed by atoms with Crippen LogP contribution in [0, 0.1) is 0 Å². The molecule has 0 bridgehead atoms.